The second kappa shape index (κ2) is 11.4. The smallest absolute Gasteiger partial charge is 0.339 e. The van der Waals surface area contributed by atoms with Gasteiger partial charge in [-0.3, -0.25) is 4.79 Å². The van der Waals surface area contributed by atoms with Gasteiger partial charge >= 0.3 is 5.97 Å². The number of esters is 1. The number of nitrogens with zero attached hydrogens (tertiary/aromatic N) is 1. The number of fused-ring (bicyclic) bond motifs is 1. The maximum absolute atomic E-state index is 13.0. The molecule has 0 aliphatic heterocycles. The average molecular weight is 467 g/mol. The van der Waals surface area contributed by atoms with E-state index < -0.39 is 5.97 Å². The van der Waals surface area contributed by atoms with Gasteiger partial charge in [0.15, 0.2) is 18.1 Å². The van der Waals surface area contributed by atoms with E-state index in [1.165, 1.54) is 21.3 Å². The molecule has 1 amide bonds. The standard InChI is InChI=1S/C26H30N2O6/c1-16(2)10-11-27-24(29)15-34-26(30)19-14-21(28-20-9-7-6-8-18(19)20)17-12-22(31-3)25(33-5)23(13-17)32-4/h6-9,12-14,16H,10-11,15H2,1-5H3,(H,27,29). The molecule has 1 N–H and O–H groups in total. The lowest BCUT2D eigenvalue weighted by Gasteiger charge is -2.15. The largest absolute Gasteiger partial charge is 0.493 e. The monoisotopic (exact) mass is 466 g/mol. The fourth-order valence-corrected chi connectivity index (χ4v) is 3.48. The number of pyridine rings is 1. The van der Waals surface area contributed by atoms with E-state index in [1.807, 2.05) is 18.2 Å². The lowest BCUT2D eigenvalue weighted by atomic mass is 10.0. The van der Waals surface area contributed by atoms with Gasteiger partial charge in [0.2, 0.25) is 5.75 Å². The van der Waals surface area contributed by atoms with Crippen LogP contribution in [-0.4, -0.2) is 51.3 Å². The maximum Gasteiger partial charge on any atom is 0.339 e. The molecule has 2 aromatic carbocycles. The van der Waals surface area contributed by atoms with Crippen molar-refractivity contribution < 1.29 is 28.5 Å². The fraction of sp³-hybridized carbons (Fsp3) is 0.346. The van der Waals surface area contributed by atoms with E-state index in [0.29, 0.717) is 57.4 Å². The SMILES string of the molecule is COc1cc(-c2cc(C(=O)OCC(=O)NCCC(C)C)c3ccccc3n2)cc(OC)c1OC. The summed E-state index contributed by atoms with van der Waals surface area (Å²) in [6, 6.07) is 12.4. The molecule has 1 heterocycles. The molecule has 0 unspecified atom stereocenters. The Kier molecular flexibility index (Phi) is 8.29. The van der Waals surface area contributed by atoms with Crippen molar-refractivity contribution in [1.29, 1.82) is 0 Å². The molecule has 180 valence electrons. The van der Waals surface area contributed by atoms with Crippen LogP contribution in [0.5, 0.6) is 17.2 Å². The quantitative estimate of drug-likeness (QED) is 0.446. The van der Waals surface area contributed by atoms with E-state index in [9.17, 15) is 9.59 Å². The van der Waals surface area contributed by atoms with Crippen molar-refractivity contribution in [1.82, 2.24) is 10.3 Å². The zero-order chi connectivity index (χ0) is 24.7. The Bertz CT molecular complexity index is 1150. The first-order chi connectivity index (χ1) is 16.4. The lowest BCUT2D eigenvalue weighted by Crippen LogP contribution is -2.30. The van der Waals surface area contributed by atoms with E-state index in [4.69, 9.17) is 23.9 Å². The van der Waals surface area contributed by atoms with Gasteiger partial charge in [0, 0.05) is 17.5 Å². The minimum Gasteiger partial charge on any atom is -0.493 e. The van der Waals surface area contributed by atoms with Crippen molar-refractivity contribution in [2.75, 3.05) is 34.5 Å². The summed E-state index contributed by atoms with van der Waals surface area (Å²) in [5.41, 5.74) is 2.11. The van der Waals surface area contributed by atoms with Crippen molar-refractivity contribution in [3.63, 3.8) is 0 Å². The van der Waals surface area contributed by atoms with E-state index >= 15 is 0 Å². The fourth-order valence-electron chi connectivity index (χ4n) is 3.48. The van der Waals surface area contributed by atoms with Gasteiger partial charge in [0.25, 0.3) is 5.91 Å². The van der Waals surface area contributed by atoms with Crippen molar-refractivity contribution >= 4 is 22.8 Å². The number of amides is 1. The van der Waals surface area contributed by atoms with Crippen LogP contribution >= 0.6 is 0 Å². The van der Waals surface area contributed by atoms with Crippen LogP contribution in [-0.2, 0) is 9.53 Å². The highest BCUT2D eigenvalue weighted by Gasteiger charge is 2.19. The molecular formula is C26H30N2O6. The van der Waals surface area contributed by atoms with Gasteiger partial charge in [0.1, 0.15) is 0 Å². The van der Waals surface area contributed by atoms with Crippen molar-refractivity contribution in [3.05, 3.63) is 48.0 Å². The number of rotatable bonds is 10. The Morgan fingerprint density at radius 2 is 1.65 bits per heavy atom. The van der Waals surface area contributed by atoms with Gasteiger partial charge in [-0.15, -0.1) is 0 Å². The van der Waals surface area contributed by atoms with Crippen molar-refractivity contribution in [2.45, 2.75) is 20.3 Å². The molecule has 3 aromatic rings. The summed E-state index contributed by atoms with van der Waals surface area (Å²) in [7, 11) is 4.59. The second-order valence-electron chi connectivity index (χ2n) is 8.09. The topological polar surface area (TPSA) is 96.0 Å². The third kappa shape index (κ3) is 5.75. The summed E-state index contributed by atoms with van der Waals surface area (Å²) in [5, 5.41) is 3.39. The second-order valence-corrected chi connectivity index (χ2v) is 8.09. The third-order valence-electron chi connectivity index (χ3n) is 5.27. The highest BCUT2D eigenvalue weighted by Crippen LogP contribution is 2.41. The Morgan fingerprint density at radius 3 is 2.26 bits per heavy atom. The van der Waals surface area contributed by atoms with E-state index in [1.54, 1.807) is 24.3 Å². The molecule has 0 bridgehead atoms. The number of para-hydroxylation sites is 1. The number of hydrogen-bond donors (Lipinski definition) is 1. The molecule has 8 heteroatoms. The van der Waals surface area contributed by atoms with E-state index in [2.05, 4.69) is 19.2 Å². The average Bonchev–Trinajstić information content (AvgIpc) is 2.85. The number of benzene rings is 2. The first-order valence-electron chi connectivity index (χ1n) is 11.0. The molecule has 0 aliphatic rings. The lowest BCUT2D eigenvalue weighted by molar-refractivity contribution is -0.124. The zero-order valence-electron chi connectivity index (χ0n) is 20.1. The Morgan fingerprint density at radius 1 is 0.971 bits per heavy atom. The Hall–Kier alpha value is -3.81. The van der Waals surface area contributed by atoms with Crippen molar-refractivity contribution in [3.8, 4) is 28.5 Å². The van der Waals surface area contributed by atoms with Crippen LogP contribution in [0.4, 0.5) is 0 Å². The van der Waals surface area contributed by atoms with Crippen LogP contribution in [0.15, 0.2) is 42.5 Å². The molecule has 0 fully saturated rings. The van der Waals surface area contributed by atoms with Crippen LogP contribution in [0.3, 0.4) is 0 Å². The Labute approximate surface area is 199 Å². The van der Waals surface area contributed by atoms with Crippen LogP contribution in [0.25, 0.3) is 22.2 Å². The number of hydrogen-bond acceptors (Lipinski definition) is 7. The van der Waals surface area contributed by atoms with Gasteiger partial charge < -0.3 is 24.3 Å². The van der Waals surface area contributed by atoms with E-state index in [0.717, 1.165) is 6.42 Å². The summed E-state index contributed by atoms with van der Waals surface area (Å²) in [5.74, 6) is 0.920. The molecule has 0 atom stereocenters. The molecule has 34 heavy (non-hydrogen) atoms. The minimum atomic E-state index is -0.605. The molecule has 8 nitrogen and oxygen atoms in total. The molecular weight excluding hydrogens is 436 g/mol. The number of carbonyl (C=O) groups excluding carboxylic acids is 2. The summed E-state index contributed by atoms with van der Waals surface area (Å²) >= 11 is 0. The first kappa shape index (κ1) is 24.8. The van der Waals surface area contributed by atoms with E-state index in [-0.39, 0.29) is 12.5 Å². The first-order valence-corrected chi connectivity index (χ1v) is 11.0. The summed E-state index contributed by atoms with van der Waals surface area (Å²) in [6.07, 6.45) is 0.854. The van der Waals surface area contributed by atoms with Crippen LogP contribution < -0.4 is 19.5 Å². The summed E-state index contributed by atoms with van der Waals surface area (Å²) in [4.78, 5) is 29.8. The minimum absolute atomic E-state index is 0.310. The van der Waals surface area contributed by atoms with Crippen LogP contribution in [0.2, 0.25) is 0 Å². The van der Waals surface area contributed by atoms with Gasteiger partial charge in [-0.05, 0) is 36.6 Å². The highest BCUT2D eigenvalue weighted by atomic mass is 16.5. The van der Waals surface area contributed by atoms with Crippen molar-refractivity contribution in [2.24, 2.45) is 5.92 Å². The van der Waals surface area contributed by atoms with Crippen LogP contribution in [0.1, 0.15) is 30.6 Å². The molecule has 0 saturated heterocycles. The molecule has 1 aromatic heterocycles. The summed E-state index contributed by atoms with van der Waals surface area (Å²) < 4.78 is 21.6. The third-order valence-corrected chi connectivity index (χ3v) is 5.27. The van der Waals surface area contributed by atoms with Gasteiger partial charge in [0.05, 0.1) is 38.1 Å². The zero-order valence-corrected chi connectivity index (χ0v) is 20.1. The maximum atomic E-state index is 13.0. The molecule has 3 rings (SSSR count). The number of methoxy groups -OCH3 is 3. The molecule has 0 saturated carbocycles. The van der Waals surface area contributed by atoms with Crippen LogP contribution in [0, 0.1) is 5.92 Å². The normalized spacial score (nSPS) is 10.8. The van der Waals surface area contributed by atoms with Gasteiger partial charge in [-0.25, -0.2) is 9.78 Å². The molecule has 0 aliphatic carbocycles. The van der Waals surface area contributed by atoms with Gasteiger partial charge in [-0.1, -0.05) is 32.0 Å². The highest BCUT2D eigenvalue weighted by molar-refractivity contribution is 6.05. The Balaban J connectivity index is 1.94. The predicted octanol–water partition coefficient (Wildman–Crippen LogP) is 4.25. The number of carbonyl (C=O) groups is 2. The number of nitrogens with one attached hydrogen (secondary N) is 1. The molecule has 0 radical (unpaired) electrons. The number of aromatic nitrogens is 1. The molecule has 0 spiro atoms. The number of ether oxygens (including phenoxy) is 4. The van der Waals surface area contributed by atoms with Gasteiger partial charge in [-0.2, -0.15) is 0 Å². The predicted molar refractivity (Wildman–Crippen MR) is 130 cm³/mol. The summed E-state index contributed by atoms with van der Waals surface area (Å²) in [6.45, 7) is 4.34.